The second kappa shape index (κ2) is 3.87. The van der Waals surface area contributed by atoms with E-state index in [0.717, 1.165) is 13.1 Å². The molecule has 4 heteroatoms. The summed E-state index contributed by atoms with van der Waals surface area (Å²) in [6.07, 6.45) is 1.38. The van der Waals surface area contributed by atoms with Crippen molar-refractivity contribution in [2.75, 3.05) is 19.7 Å². The fourth-order valence-corrected chi connectivity index (χ4v) is 1.57. The Morgan fingerprint density at radius 3 is 2.58 bits per heavy atom. The number of carbonyl (C=O) groups excluding carboxylic acids is 1. The van der Waals surface area contributed by atoms with Crippen LogP contribution in [0.2, 0.25) is 0 Å². The molecule has 0 aromatic carbocycles. The van der Waals surface area contributed by atoms with Gasteiger partial charge in [-0.05, 0) is 32.9 Å². The molecular formula is C8H16N2O2. The quantitative estimate of drug-likeness (QED) is 0.610. The molecule has 0 radical (unpaired) electrons. The fraction of sp³-hybridized carbons (Fsp3) is 0.875. The van der Waals surface area contributed by atoms with Crippen molar-refractivity contribution in [3.8, 4) is 0 Å². The molecule has 1 aliphatic rings. The topological polar surface area (TPSA) is 64.3 Å². The van der Waals surface area contributed by atoms with Gasteiger partial charge in [0, 0.05) is 6.61 Å². The van der Waals surface area contributed by atoms with E-state index < -0.39 is 5.60 Å². The minimum Gasteiger partial charge on any atom is -0.367 e. The summed E-state index contributed by atoms with van der Waals surface area (Å²) in [4.78, 5) is 11.1. The molecule has 70 valence electrons. The SMILES string of the molecule is CCOC1(C(N)=O)CCNCC1. The van der Waals surface area contributed by atoms with Crippen LogP contribution < -0.4 is 11.1 Å². The predicted octanol–water partition coefficient (Wildman–Crippen LogP) is -0.370. The number of hydrogen-bond donors (Lipinski definition) is 2. The van der Waals surface area contributed by atoms with Gasteiger partial charge in [-0.1, -0.05) is 0 Å². The minimum absolute atomic E-state index is 0.328. The molecule has 0 aromatic heterocycles. The summed E-state index contributed by atoms with van der Waals surface area (Å²) < 4.78 is 5.42. The third kappa shape index (κ3) is 1.76. The van der Waals surface area contributed by atoms with Crippen molar-refractivity contribution in [3.63, 3.8) is 0 Å². The van der Waals surface area contributed by atoms with Crippen molar-refractivity contribution < 1.29 is 9.53 Å². The Morgan fingerprint density at radius 2 is 2.17 bits per heavy atom. The average molecular weight is 172 g/mol. The van der Waals surface area contributed by atoms with Crippen molar-refractivity contribution in [1.82, 2.24) is 5.32 Å². The number of primary amides is 1. The van der Waals surface area contributed by atoms with E-state index in [-0.39, 0.29) is 5.91 Å². The standard InChI is InChI=1S/C8H16N2O2/c1-2-12-8(7(9)11)3-5-10-6-4-8/h10H,2-6H2,1H3,(H2,9,11). The molecule has 1 amide bonds. The largest absolute Gasteiger partial charge is 0.367 e. The molecule has 0 aliphatic carbocycles. The molecule has 0 spiro atoms. The lowest BCUT2D eigenvalue weighted by Gasteiger charge is -2.34. The van der Waals surface area contributed by atoms with Crippen LogP contribution in [0.1, 0.15) is 19.8 Å². The number of amides is 1. The number of carbonyl (C=O) groups is 1. The van der Waals surface area contributed by atoms with Crippen molar-refractivity contribution in [3.05, 3.63) is 0 Å². The first-order valence-electron chi connectivity index (χ1n) is 4.36. The molecule has 1 rings (SSSR count). The molecule has 0 unspecified atom stereocenters. The van der Waals surface area contributed by atoms with Crippen LogP contribution in [0.15, 0.2) is 0 Å². The Hall–Kier alpha value is -0.610. The molecule has 0 saturated carbocycles. The smallest absolute Gasteiger partial charge is 0.249 e. The van der Waals surface area contributed by atoms with Gasteiger partial charge in [0.25, 0.3) is 0 Å². The summed E-state index contributed by atoms with van der Waals surface area (Å²) in [6.45, 7) is 4.04. The van der Waals surface area contributed by atoms with Crippen molar-refractivity contribution in [2.24, 2.45) is 5.73 Å². The number of nitrogens with two attached hydrogens (primary N) is 1. The molecule has 0 atom stereocenters. The normalized spacial score (nSPS) is 22.1. The van der Waals surface area contributed by atoms with Gasteiger partial charge in [-0.25, -0.2) is 0 Å². The first-order valence-corrected chi connectivity index (χ1v) is 4.36. The zero-order valence-corrected chi connectivity index (χ0v) is 7.43. The molecular weight excluding hydrogens is 156 g/mol. The third-order valence-electron chi connectivity index (χ3n) is 2.28. The van der Waals surface area contributed by atoms with Crippen LogP contribution in [0, 0.1) is 0 Å². The summed E-state index contributed by atoms with van der Waals surface area (Å²) >= 11 is 0. The summed E-state index contributed by atoms with van der Waals surface area (Å²) in [5, 5.41) is 3.16. The summed E-state index contributed by atoms with van der Waals surface area (Å²) in [6, 6.07) is 0. The lowest BCUT2D eigenvalue weighted by atomic mass is 9.91. The van der Waals surface area contributed by atoms with Gasteiger partial charge >= 0.3 is 0 Å². The molecule has 0 aromatic rings. The van der Waals surface area contributed by atoms with Crippen molar-refractivity contribution >= 4 is 5.91 Å². The van der Waals surface area contributed by atoms with E-state index in [1.165, 1.54) is 0 Å². The number of piperidine rings is 1. The van der Waals surface area contributed by atoms with E-state index in [9.17, 15) is 4.79 Å². The van der Waals surface area contributed by atoms with E-state index in [1.807, 2.05) is 6.92 Å². The van der Waals surface area contributed by atoms with Gasteiger partial charge < -0.3 is 15.8 Å². The zero-order chi connectivity index (χ0) is 9.03. The van der Waals surface area contributed by atoms with Crippen LogP contribution in [0.4, 0.5) is 0 Å². The first kappa shape index (κ1) is 9.48. The van der Waals surface area contributed by atoms with Crippen LogP contribution >= 0.6 is 0 Å². The number of rotatable bonds is 3. The Kier molecular flexibility index (Phi) is 3.05. The molecule has 0 bridgehead atoms. The highest BCUT2D eigenvalue weighted by molar-refractivity contribution is 5.83. The summed E-state index contributed by atoms with van der Waals surface area (Å²) in [5.41, 5.74) is 4.60. The van der Waals surface area contributed by atoms with Gasteiger partial charge in [0.2, 0.25) is 5.91 Å². The first-order chi connectivity index (χ1) is 5.71. The zero-order valence-electron chi connectivity index (χ0n) is 7.43. The number of nitrogens with one attached hydrogen (secondary N) is 1. The second-order valence-corrected chi connectivity index (χ2v) is 3.04. The van der Waals surface area contributed by atoms with Crippen LogP contribution in [0.3, 0.4) is 0 Å². The maximum absolute atomic E-state index is 11.1. The van der Waals surface area contributed by atoms with E-state index >= 15 is 0 Å². The van der Waals surface area contributed by atoms with Gasteiger partial charge in [-0.3, -0.25) is 4.79 Å². The van der Waals surface area contributed by atoms with Gasteiger partial charge in [0.05, 0.1) is 0 Å². The predicted molar refractivity (Wildman–Crippen MR) is 45.7 cm³/mol. The van der Waals surface area contributed by atoms with E-state index in [1.54, 1.807) is 0 Å². The van der Waals surface area contributed by atoms with E-state index in [2.05, 4.69) is 5.32 Å². The molecule has 1 aliphatic heterocycles. The Balaban J connectivity index is 2.63. The van der Waals surface area contributed by atoms with Crippen LogP contribution in [-0.2, 0) is 9.53 Å². The summed E-state index contributed by atoms with van der Waals surface area (Å²) in [7, 11) is 0. The van der Waals surface area contributed by atoms with Gasteiger partial charge in [0.15, 0.2) is 0 Å². The minimum atomic E-state index is -0.694. The Bertz CT molecular complexity index is 159. The lowest BCUT2D eigenvalue weighted by molar-refractivity contribution is -0.146. The Morgan fingerprint density at radius 1 is 1.58 bits per heavy atom. The maximum atomic E-state index is 11.1. The fourth-order valence-electron chi connectivity index (χ4n) is 1.57. The molecule has 4 nitrogen and oxygen atoms in total. The van der Waals surface area contributed by atoms with Gasteiger partial charge in [-0.15, -0.1) is 0 Å². The van der Waals surface area contributed by atoms with Crippen molar-refractivity contribution in [1.29, 1.82) is 0 Å². The average Bonchev–Trinajstić information content (AvgIpc) is 2.06. The number of hydrogen-bond acceptors (Lipinski definition) is 3. The van der Waals surface area contributed by atoms with Crippen LogP contribution in [-0.4, -0.2) is 31.2 Å². The van der Waals surface area contributed by atoms with Crippen molar-refractivity contribution in [2.45, 2.75) is 25.4 Å². The molecule has 1 heterocycles. The van der Waals surface area contributed by atoms with Gasteiger partial charge in [-0.2, -0.15) is 0 Å². The maximum Gasteiger partial charge on any atom is 0.249 e. The Labute approximate surface area is 72.5 Å². The van der Waals surface area contributed by atoms with Crippen LogP contribution in [0.5, 0.6) is 0 Å². The van der Waals surface area contributed by atoms with E-state index in [0.29, 0.717) is 19.4 Å². The van der Waals surface area contributed by atoms with Gasteiger partial charge in [0.1, 0.15) is 5.60 Å². The third-order valence-corrected chi connectivity index (χ3v) is 2.28. The molecule has 1 fully saturated rings. The van der Waals surface area contributed by atoms with Crippen LogP contribution in [0.25, 0.3) is 0 Å². The highest BCUT2D eigenvalue weighted by Crippen LogP contribution is 2.22. The number of ether oxygens (including phenoxy) is 1. The molecule has 12 heavy (non-hydrogen) atoms. The molecule has 1 saturated heterocycles. The monoisotopic (exact) mass is 172 g/mol. The van der Waals surface area contributed by atoms with E-state index in [4.69, 9.17) is 10.5 Å². The highest BCUT2D eigenvalue weighted by Gasteiger charge is 2.38. The highest BCUT2D eigenvalue weighted by atomic mass is 16.5. The summed E-state index contributed by atoms with van der Waals surface area (Å²) in [5.74, 6) is -0.328. The second-order valence-electron chi connectivity index (χ2n) is 3.04. The lowest BCUT2D eigenvalue weighted by Crippen LogP contribution is -2.53. The molecule has 3 N–H and O–H groups in total.